The molecule has 0 heterocycles. The maximum atomic E-state index is 13.1. The van der Waals surface area contributed by atoms with Crippen molar-refractivity contribution in [1.29, 1.82) is 0 Å². The summed E-state index contributed by atoms with van der Waals surface area (Å²) in [4.78, 5) is 0. The molecular formula is C14H15F4N. The lowest BCUT2D eigenvalue weighted by Gasteiger charge is -2.08. The molecule has 2 rings (SSSR count). The molecule has 1 nitrogen and oxygen atoms in total. The van der Waals surface area contributed by atoms with Crippen molar-refractivity contribution in [2.45, 2.75) is 31.5 Å². The minimum absolute atomic E-state index is 0.361. The highest BCUT2D eigenvalue weighted by molar-refractivity contribution is 5.51. The molecule has 0 saturated heterocycles. The molecule has 19 heavy (non-hydrogen) atoms. The van der Waals surface area contributed by atoms with Crippen LogP contribution >= 0.6 is 0 Å². The lowest BCUT2D eigenvalue weighted by atomic mass is 10.1. The van der Waals surface area contributed by atoms with Gasteiger partial charge in [-0.3, -0.25) is 0 Å². The fourth-order valence-electron chi connectivity index (χ4n) is 1.74. The van der Waals surface area contributed by atoms with Gasteiger partial charge in [0.15, 0.2) is 0 Å². The normalized spacial score (nSPS) is 16.2. The Morgan fingerprint density at radius 2 is 2.00 bits per heavy atom. The second kappa shape index (κ2) is 5.74. The van der Waals surface area contributed by atoms with Crippen LogP contribution in [0.5, 0.6) is 0 Å². The zero-order chi connectivity index (χ0) is 13.9. The second-order valence-corrected chi connectivity index (χ2v) is 4.66. The first-order chi connectivity index (χ1) is 8.97. The van der Waals surface area contributed by atoms with E-state index in [1.165, 1.54) is 18.9 Å². The van der Waals surface area contributed by atoms with Crippen LogP contribution in [0.2, 0.25) is 0 Å². The molecule has 5 heteroatoms. The second-order valence-electron chi connectivity index (χ2n) is 4.66. The molecule has 0 atom stereocenters. The standard InChI is InChI=1S/C14H15F4N/c15-13-7-4-10(9-12(13)14(16,17)18)3-1-2-8-19-11-5-6-11/h1,3-4,7,9,11,19H,2,5-6,8H2/b3-1+. The average Bonchev–Trinajstić information content (AvgIpc) is 3.13. The van der Waals surface area contributed by atoms with Crippen molar-refractivity contribution in [3.63, 3.8) is 0 Å². The van der Waals surface area contributed by atoms with Gasteiger partial charge in [0.1, 0.15) is 5.82 Å². The molecule has 1 aromatic rings. The first-order valence-corrected chi connectivity index (χ1v) is 6.23. The van der Waals surface area contributed by atoms with E-state index in [4.69, 9.17) is 0 Å². The van der Waals surface area contributed by atoms with Crippen LogP contribution in [0.3, 0.4) is 0 Å². The average molecular weight is 273 g/mol. The summed E-state index contributed by atoms with van der Waals surface area (Å²) < 4.78 is 50.5. The molecule has 0 aliphatic heterocycles. The van der Waals surface area contributed by atoms with Gasteiger partial charge in [0.25, 0.3) is 0 Å². The van der Waals surface area contributed by atoms with Gasteiger partial charge in [0.2, 0.25) is 0 Å². The van der Waals surface area contributed by atoms with Crippen LogP contribution in [-0.2, 0) is 6.18 Å². The fraction of sp³-hybridized carbons (Fsp3) is 0.429. The third-order valence-corrected chi connectivity index (χ3v) is 2.93. The number of hydrogen-bond donors (Lipinski definition) is 1. The third-order valence-electron chi connectivity index (χ3n) is 2.93. The van der Waals surface area contributed by atoms with Gasteiger partial charge in [-0.2, -0.15) is 13.2 Å². The van der Waals surface area contributed by atoms with E-state index in [9.17, 15) is 17.6 Å². The predicted molar refractivity (Wildman–Crippen MR) is 66.1 cm³/mol. The molecular weight excluding hydrogens is 258 g/mol. The van der Waals surface area contributed by atoms with Gasteiger partial charge in [-0.1, -0.05) is 18.2 Å². The van der Waals surface area contributed by atoms with E-state index >= 15 is 0 Å². The molecule has 1 fully saturated rings. The number of nitrogens with one attached hydrogen (secondary N) is 1. The molecule has 0 amide bonds. The summed E-state index contributed by atoms with van der Waals surface area (Å²) in [6, 6.07) is 3.65. The summed E-state index contributed by atoms with van der Waals surface area (Å²) in [5.74, 6) is -1.24. The van der Waals surface area contributed by atoms with E-state index in [-0.39, 0.29) is 0 Å². The van der Waals surface area contributed by atoms with Crippen LogP contribution in [0.15, 0.2) is 24.3 Å². The summed E-state index contributed by atoms with van der Waals surface area (Å²) in [5, 5.41) is 3.30. The Morgan fingerprint density at radius 3 is 2.63 bits per heavy atom. The van der Waals surface area contributed by atoms with Gasteiger partial charge < -0.3 is 5.32 Å². The van der Waals surface area contributed by atoms with Gasteiger partial charge in [-0.05, 0) is 43.5 Å². The quantitative estimate of drug-likeness (QED) is 0.631. The number of hydrogen-bond acceptors (Lipinski definition) is 1. The van der Waals surface area contributed by atoms with E-state index in [0.717, 1.165) is 25.1 Å². The number of alkyl halides is 3. The Bertz CT molecular complexity index is 461. The Morgan fingerprint density at radius 1 is 1.26 bits per heavy atom. The minimum Gasteiger partial charge on any atom is -0.314 e. The van der Waals surface area contributed by atoms with Crippen LogP contribution in [0.25, 0.3) is 6.08 Å². The van der Waals surface area contributed by atoms with Crippen LogP contribution < -0.4 is 5.32 Å². The van der Waals surface area contributed by atoms with Crippen LogP contribution in [0, 0.1) is 5.82 Å². The highest BCUT2D eigenvalue weighted by atomic mass is 19.4. The predicted octanol–water partition coefficient (Wildman–Crippen LogP) is 4.00. The van der Waals surface area contributed by atoms with Gasteiger partial charge in [-0.15, -0.1) is 0 Å². The highest BCUT2D eigenvalue weighted by Crippen LogP contribution is 2.32. The van der Waals surface area contributed by atoms with Gasteiger partial charge in [0, 0.05) is 6.04 Å². The SMILES string of the molecule is Fc1ccc(/C=C/CCNC2CC2)cc1C(F)(F)F. The van der Waals surface area contributed by atoms with Crippen molar-refractivity contribution >= 4 is 6.08 Å². The zero-order valence-electron chi connectivity index (χ0n) is 10.3. The molecule has 1 saturated carbocycles. The first-order valence-electron chi connectivity index (χ1n) is 6.23. The van der Waals surface area contributed by atoms with Crippen molar-refractivity contribution in [1.82, 2.24) is 5.32 Å². The summed E-state index contributed by atoms with van der Waals surface area (Å²) in [5.41, 5.74) is -0.856. The lowest BCUT2D eigenvalue weighted by Crippen LogP contribution is -2.16. The Labute approximate surface area is 109 Å². The molecule has 1 N–H and O–H groups in total. The number of rotatable bonds is 5. The van der Waals surface area contributed by atoms with E-state index < -0.39 is 17.6 Å². The van der Waals surface area contributed by atoms with Crippen molar-refractivity contribution < 1.29 is 17.6 Å². The smallest absolute Gasteiger partial charge is 0.314 e. The van der Waals surface area contributed by atoms with E-state index in [1.54, 1.807) is 12.2 Å². The van der Waals surface area contributed by atoms with Gasteiger partial charge in [0.05, 0.1) is 5.56 Å². The minimum atomic E-state index is -4.65. The Balaban J connectivity index is 1.93. The van der Waals surface area contributed by atoms with E-state index in [0.29, 0.717) is 11.6 Å². The largest absolute Gasteiger partial charge is 0.419 e. The number of halogens is 4. The van der Waals surface area contributed by atoms with E-state index in [1.807, 2.05) is 0 Å². The lowest BCUT2D eigenvalue weighted by molar-refractivity contribution is -0.140. The molecule has 1 aliphatic rings. The summed E-state index contributed by atoms with van der Waals surface area (Å²) in [7, 11) is 0. The maximum absolute atomic E-state index is 13.1. The van der Waals surface area contributed by atoms with Crippen molar-refractivity contribution in [3.8, 4) is 0 Å². The van der Waals surface area contributed by atoms with Crippen molar-refractivity contribution in [2.24, 2.45) is 0 Å². The molecule has 0 spiro atoms. The molecule has 104 valence electrons. The van der Waals surface area contributed by atoms with Gasteiger partial charge in [-0.25, -0.2) is 4.39 Å². The molecule has 1 aromatic carbocycles. The van der Waals surface area contributed by atoms with Crippen molar-refractivity contribution in [3.05, 3.63) is 41.2 Å². The third kappa shape index (κ3) is 4.35. The van der Waals surface area contributed by atoms with Crippen LogP contribution in [-0.4, -0.2) is 12.6 Å². The topological polar surface area (TPSA) is 12.0 Å². The summed E-state index contributed by atoms with van der Waals surface area (Å²) in [6.07, 6.45) is 1.88. The van der Waals surface area contributed by atoms with Crippen LogP contribution in [0.1, 0.15) is 30.4 Å². The van der Waals surface area contributed by atoms with E-state index in [2.05, 4.69) is 5.32 Å². The molecule has 0 unspecified atom stereocenters. The fourth-order valence-corrected chi connectivity index (χ4v) is 1.74. The maximum Gasteiger partial charge on any atom is 0.419 e. The molecule has 1 aliphatic carbocycles. The Hall–Kier alpha value is -1.36. The summed E-state index contributed by atoms with van der Waals surface area (Å²) >= 11 is 0. The highest BCUT2D eigenvalue weighted by Gasteiger charge is 2.33. The zero-order valence-corrected chi connectivity index (χ0v) is 10.3. The first kappa shape index (κ1) is 14.1. The van der Waals surface area contributed by atoms with Gasteiger partial charge >= 0.3 is 6.18 Å². The number of benzene rings is 1. The Kier molecular flexibility index (Phi) is 4.24. The molecule has 0 aromatic heterocycles. The van der Waals surface area contributed by atoms with Crippen LogP contribution in [0.4, 0.5) is 17.6 Å². The molecule has 0 radical (unpaired) electrons. The summed E-state index contributed by atoms with van der Waals surface area (Å²) in [6.45, 7) is 0.814. The van der Waals surface area contributed by atoms with Crippen molar-refractivity contribution in [2.75, 3.05) is 6.54 Å². The monoisotopic (exact) mass is 273 g/mol. The molecule has 0 bridgehead atoms.